The predicted molar refractivity (Wildman–Crippen MR) is 101 cm³/mol. The molecule has 2 aromatic carbocycles. The summed E-state index contributed by atoms with van der Waals surface area (Å²) in [5.74, 6) is 0.481. The minimum Gasteiger partial charge on any atom is -0.508 e. The number of carbonyl (C=O) groups excluding carboxylic acids is 1. The lowest BCUT2D eigenvalue weighted by Crippen LogP contribution is -2.25. The van der Waals surface area contributed by atoms with Gasteiger partial charge in [-0.1, -0.05) is 18.2 Å². The molecule has 0 saturated carbocycles. The highest BCUT2D eigenvalue weighted by molar-refractivity contribution is 14.1. The zero-order chi connectivity index (χ0) is 17.5. The van der Waals surface area contributed by atoms with Crippen molar-refractivity contribution in [3.8, 4) is 17.2 Å². The van der Waals surface area contributed by atoms with Crippen LogP contribution in [0.25, 0.3) is 6.08 Å². The number of hydrogen-bond donors (Lipinski definition) is 3. The first kappa shape index (κ1) is 18.1. The zero-order valence-corrected chi connectivity index (χ0v) is 15.3. The largest absolute Gasteiger partial charge is 0.508 e. The normalized spacial score (nSPS) is 11.2. The van der Waals surface area contributed by atoms with Gasteiger partial charge in [0, 0.05) is 6.54 Å². The summed E-state index contributed by atoms with van der Waals surface area (Å²) in [4.78, 5) is 12.1. The molecule has 0 atom stereocenters. The number of hydrogen-bond acceptors (Lipinski definition) is 4. The highest BCUT2D eigenvalue weighted by Gasteiger charge is 2.07. The van der Waals surface area contributed by atoms with E-state index in [0.29, 0.717) is 22.3 Å². The van der Waals surface area contributed by atoms with Crippen molar-refractivity contribution in [1.29, 1.82) is 0 Å². The molecule has 0 aliphatic carbocycles. The van der Waals surface area contributed by atoms with Gasteiger partial charge in [-0.25, -0.2) is 0 Å². The summed E-state index contributed by atoms with van der Waals surface area (Å²) in [5, 5.41) is 21.7. The van der Waals surface area contributed by atoms with Gasteiger partial charge in [0.05, 0.1) is 10.7 Å². The fourth-order valence-electron chi connectivity index (χ4n) is 2.06. The van der Waals surface area contributed by atoms with Gasteiger partial charge in [-0.05, 0) is 70.5 Å². The third-order valence-corrected chi connectivity index (χ3v) is 4.15. The average molecular weight is 439 g/mol. The maximum Gasteiger partial charge on any atom is 0.257 e. The van der Waals surface area contributed by atoms with Crippen molar-refractivity contribution in [1.82, 2.24) is 5.32 Å². The fraction of sp³-hybridized carbons (Fsp3) is 0.167. The number of amides is 1. The quantitative estimate of drug-likeness (QED) is 0.477. The maximum atomic E-state index is 12.1. The van der Waals surface area contributed by atoms with Gasteiger partial charge >= 0.3 is 0 Å². The Kier molecular flexibility index (Phi) is 6.48. The lowest BCUT2D eigenvalue weighted by molar-refractivity contribution is -0.116. The third kappa shape index (κ3) is 5.16. The van der Waals surface area contributed by atoms with E-state index in [4.69, 9.17) is 4.74 Å². The molecule has 0 aliphatic heterocycles. The molecule has 0 aliphatic rings. The molecule has 0 saturated heterocycles. The van der Waals surface area contributed by atoms with Crippen LogP contribution in [0.1, 0.15) is 11.1 Å². The van der Waals surface area contributed by atoms with Crippen LogP contribution in [0.15, 0.2) is 46.0 Å². The van der Waals surface area contributed by atoms with Gasteiger partial charge in [-0.2, -0.15) is 0 Å². The number of carbonyl (C=O) groups is 1. The van der Waals surface area contributed by atoms with E-state index in [1.807, 2.05) is 34.7 Å². The van der Waals surface area contributed by atoms with Gasteiger partial charge in [0.25, 0.3) is 5.91 Å². The van der Waals surface area contributed by atoms with Gasteiger partial charge in [-0.3, -0.25) is 4.79 Å². The molecule has 0 radical (unpaired) electrons. The van der Waals surface area contributed by atoms with E-state index in [9.17, 15) is 15.0 Å². The number of phenolic OH excluding ortho intramolecular Hbond substituents is 2. The molecule has 0 heterocycles. The first-order valence-corrected chi connectivity index (χ1v) is 8.38. The lowest BCUT2D eigenvalue weighted by Gasteiger charge is -2.06. The van der Waals surface area contributed by atoms with E-state index < -0.39 is 0 Å². The molecular weight excluding hydrogens is 421 g/mol. The van der Waals surface area contributed by atoms with Crippen molar-refractivity contribution in [2.75, 3.05) is 13.7 Å². The van der Waals surface area contributed by atoms with E-state index in [1.165, 1.54) is 13.2 Å². The van der Waals surface area contributed by atoms with Crippen molar-refractivity contribution in [3.05, 3.63) is 57.2 Å². The lowest BCUT2D eigenvalue weighted by atomic mass is 10.1. The molecule has 0 unspecified atom stereocenters. The van der Waals surface area contributed by atoms with Gasteiger partial charge < -0.3 is 20.3 Å². The molecule has 126 valence electrons. The van der Waals surface area contributed by atoms with Crippen LogP contribution in [0, 0.1) is 0 Å². The first-order chi connectivity index (χ1) is 11.5. The minimum atomic E-state index is -0.165. The van der Waals surface area contributed by atoms with Gasteiger partial charge in [0.15, 0.2) is 11.5 Å². The molecule has 6 heteroatoms. The van der Waals surface area contributed by atoms with Crippen LogP contribution in [0.4, 0.5) is 0 Å². The monoisotopic (exact) mass is 439 g/mol. The van der Waals surface area contributed by atoms with Crippen LogP contribution < -0.4 is 10.1 Å². The number of phenols is 2. The molecule has 0 bridgehead atoms. The average Bonchev–Trinajstić information content (AvgIpc) is 2.58. The summed E-state index contributed by atoms with van der Waals surface area (Å²) in [7, 11) is 1.48. The molecule has 3 N–H and O–H groups in total. The zero-order valence-electron chi connectivity index (χ0n) is 13.1. The van der Waals surface area contributed by atoms with Crippen LogP contribution in [-0.2, 0) is 11.2 Å². The number of benzene rings is 2. The molecule has 0 aromatic heterocycles. The number of nitrogens with one attached hydrogen (secondary N) is 1. The van der Waals surface area contributed by atoms with Crippen LogP contribution in [0.5, 0.6) is 17.2 Å². The number of methoxy groups -OCH3 is 1. The highest BCUT2D eigenvalue weighted by atomic mass is 127. The highest BCUT2D eigenvalue weighted by Crippen LogP contribution is 2.27. The molecular formula is C18H18INO4. The smallest absolute Gasteiger partial charge is 0.257 e. The van der Waals surface area contributed by atoms with Crippen LogP contribution in [-0.4, -0.2) is 29.8 Å². The third-order valence-electron chi connectivity index (χ3n) is 3.35. The van der Waals surface area contributed by atoms with Crippen molar-refractivity contribution < 1.29 is 19.7 Å². The Labute approximate surface area is 154 Å². The fourth-order valence-corrected chi connectivity index (χ4v) is 2.61. The van der Waals surface area contributed by atoms with E-state index >= 15 is 0 Å². The second-order valence-electron chi connectivity index (χ2n) is 5.10. The van der Waals surface area contributed by atoms with E-state index in [2.05, 4.69) is 5.32 Å². The Bertz CT molecular complexity index is 741. The van der Waals surface area contributed by atoms with Gasteiger partial charge in [-0.15, -0.1) is 0 Å². The SMILES string of the molecule is COc1cc(/C=C(\I)C(=O)NCCc2ccc(O)cc2)ccc1O. The van der Waals surface area contributed by atoms with Crippen LogP contribution >= 0.6 is 22.6 Å². The summed E-state index contributed by atoms with van der Waals surface area (Å²) in [6.07, 6.45) is 2.40. The summed E-state index contributed by atoms with van der Waals surface area (Å²) >= 11 is 1.97. The molecule has 24 heavy (non-hydrogen) atoms. The van der Waals surface area contributed by atoms with Gasteiger partial charge in [0.1, 0.15) is 5.75 Å². The van der Waals surface area contributed by atoms with Crippen molar-refractivity contribution in [2.24, 2.45) is 0 Å². The first-order valence-electron chi connectivity index (χ1n) is 7.30. The Morgan fingerprint density at radius 1 is 1.21 bits per heavy atom. The standard InChI is InChI=1S/C18H18INO4/c1-24-17-11-13(4-7-16(17)22)10-15(19)18(23)20-9-8-12-2-5-14(21)6-3-12/h2-7,10-11,21-22H,8-9H2,1H3,(H,20,23)/b15-10-. The molecule has 2 aromatic rings. The number of aromatic hydroxyl groups is 2. The van der Waals surface area contributed by atoms with Gasteiger partial charge in [0.2, 0.25) is 0 Å². The van der Waals surface area contributed by atoms with E-state index in [1.54, 1.807) is 30.3 Å². The van der Waals surface area contributed by atoms with Crippen molar-refractivity contribution in [2.45, 2.75) is 6.42 Å². The Morgan fingerprint density at radius 3 is 2.58 bits per heavy atom. The summed E-state index contributed by atoms with van der Waals surface area (Å²) < 4.78 is 5.58. The van der Waals surface area contributed by atoms with Crippen molar-refractivity contribution in [3.63, 3.8) is 0 Å². The predicted octanol–water partition coefficient (Wildman–Crippen LogP) is 3.24. The van der Waals surface area contributed by atoms with Crippen LogP contribution in [0.2, 0.25) is 0 Å². The molecule has 0 fully saturated rings. The Hall–Kier alpha value is -2.22. The molecule has 0 spiro atoms. The number of ether oxygens (including phenoxy) is 1. The summed E-state index contributed by atoms with van der Waals surface area (Å²) in [6, 6.07) is 11.8. The second kappa shape index (κ2) is 8.58. The molecule has 5 nitrogen and oxygen atoms in total. The topological polar surface area (TPSA) is 78.8 Å². The van der Waals surface area contributed by atoms with Crippen LogP contribution in [0.3, 0.4) is 0 Å². The van der Waals surface area contributed by atoms with E-state index in [0.717, 1.165) is 11.1 Å². The second-order valence-corrected chi connectivity index (χ2v) is 6.26. The molecule has 2 rings (SSSR count). The summed E-state index contributed by atoms with van der Waals surface area (Å²) in [5.41, 5.74) is 1.80. The number of rotatable bonds is 6. The Morgan fingerprint density at radius 2 is 1.92 bits per heavy atom. The van der Waals surface area contributed by atoms with E-state index in [-0.39, 0.29) is 17.4 Å². The maximum absolute atomic E-state index is 12.1. The Balaban J connectivity index is 1.92. The van der Waals surface area contributed by atoms with Crippen molar-refractivity contribution >= 4 is 34.6 Å². The summed E-state index contributed by atoms with van der Waals surface area (Å²) in [6.45, 7) is 0.503. The minimum absolute atomic E-state index is 0.0583. The number of halogens is 1. The molecule has 1 amide bonds.